The van der Waals surface area contributed by atoms with Crippen LogP contribution in [0.25, 0.3) is 0 Å². The number of hydrogen-bond donors (Lipinski definition) is 2. The minimum atomic E-state index is -0.615. The number of rotatable bonds is 6. The van der Waals surface area contributed by atoms with E-state index in [1.165, 1.54) is 18.2 Å². The van der Waals surface area contributed by atoms with Crippen LogP contribution < -0.4 is 10.6 Å². The molecule has 2 amide bonds. The predicted molar refractivity (Wildman–Crippen MR) is 96.7 cm³/mol. The van der Waals surface area contributed by atoms with Crippen LogP contribution in [0.15, 0.2) is 54.2 Å². The number of benzene rings is 1. The first-order chi connectivity index (χ1) is 12.6. The molecule has 2 aromatic heterocycles. The van der Waals surface area contributed by atoms with Crippen molar-refractivity contribution >= 4 is 28.3 Å². The molecule has 6 nitrogen and oxygen atoms in total. The molecule has 0 aliphatic rings. The lowest BCUT2D eigenvalue weighted by atomic mass is 10.2. The normalized spacial score (nSPS) is 10.3. The number of nitrogens with zero attached hydrogens (tertiary/aromatic N) is 2. The van der Waals surface area contributed by atoms with Crippen molar-refractivity contribution in [3.8, 4) is 0 Å². The third kappa shape index (κ3) is 4.48. The van der Waals surface area contributed by atoms with Gasteiger partial charge >= 0.3 is 0 Å². The van der Waals surface area contributed by atoms with Gasteiger partial charge in [-0.25, -0.2) is 9.37 Å². The van der Waals surface area contributed by atoms with Gasteiger partial charge < -0.3 is 5.32 Å². The molecule has 0 aliphatic carbocycles. The van der Waals surface area contributed by atoms with Crippen molar-refractivity contribution in [2.24, 2.45) is 0 Å². The van der Waals surface area contributed by atoms with E-state index in [0.29, 0.717) is 13.0 Å². The number of halogens is 1. The van der Waals surface area contributed by atoms with Crippen molar-refractivity contribution in [1.82, 2.24) is 15.3 Å². The maximum atomic E-state index is 13.6. The van der Waals surface area contributed by atoms with Gasteiger partial charge in [0.2, 0.25) is 0 Å². The molecule has 0 fully saturated rings. The largest absolute Gasteiger partial charge is 0.350 e. The second-order valence-electron chi connectivity index (χ2n) is 5.33. The molecule has 1 aromatic carbocycles. The number of carbonyl (C=O) groups is 2. The Morgan fingerprint density at radius 2 is 1.85 bits per heavy atom. The van der Waals surface area contributed by atoms with Crippen LogP contribution >= 0.6 is 11.3 Å². The molecular formula is C18H15FN4O2S. The van der Waals surface area contributed by atoms with Crippen LogP contribution in [0.2, 0.25) is 0 Å². The Labute approximate surface area is 153 Å². The molecule has 2 heterocycles. The Balaban J connectivity index is 1.54. The molecule has 26 heavy (non-hydrogen) atoms. The zero-order valence-corrected chi connectivity index (χ0v) is 14.4. The summed E-state index contributed by atoms with van der Waals surface area (Å²) in [5.41, 5.74) is 1.19. The van der Waals surface area contributed by atoms with Crippen LogP contribution in [-0.2, 0) is 6.42 Å². The molecule has 8 heteroatoms. The summed E-state index contributed by atoms with van der Waals surface area (Å²) >= 11 is 1.10. The topological polar surface area (TPSA) is 84.0 Å². The van der Waals surface area contributed by atoms with Crippen molar-refractivity contribution in [1.29, 1.82) is 0 Å². The van der Waals surface area contributed by atoms with Gasteiger partial charge in [0.25, 0.3) is 11.8 Å². The number of anilines is 1. The highest BCUT2D eigenvalue weighted by molar-refractivity contribution is 7.14. The lowest BCUT2D eigenvalue weighted by Gasteiger charge is -2.04. The maximum Gasteiger partial charge on any atom is 0.270 e. The summed E-state index contributed by atoms with van der Waals surface area (Å²) in [4.78, 5) is 32.2. The van der Waals surface area contributed by atoms with E-state index in [4.69, 9.17) is 0 Å². The van der Waals surface area contributed by atoms with Crippen molar-refractivity contribution in [2.45, 2.75) is 6.42 Å². The van der Waals surface area contributed by atoms with Crippen LogP contribution in [0, 0.1) is 5.82 Å². The first-order valence-corrected chi connectivity index (χ1v) is 8.70. The highest BCUT2D eigenvalue weighted by Crippen LogP contribution is 2.17. The molecule has 2 N–H and O–H groups in total. The number of thiazole rings is 1. The molecule has 0 spiro atoms. The maximum absolute atomic E-state index is 13.6. The molecular weight excluding hydrogens is 355 g/mol. The predicted octanol–water partition coefficient (Wildman–Crippen LogP) is 2.90. The van der Waals surface area contributed by atoms with Gasteiger partial charge in [-0.05, 0) is 36.2 Å². The molecule has 3 aromatic rings. The molecule has 132 valence electrons. The highest BCUT2D eigenvalue weighted by atomic mass is 32.1. The Morgan fingerprint density at radius 3 is 2.62 bits per heavy atom. The van der Waals surface area contributed by atoms with E-state index in [9.17, 15) is 14.0 Å². The van der Waals surface area contributed by atoms with E-state index in [1.807, 2.05) is 12.1 Å². The quantitative estimate of drug-likeness (QED) is 0.699. The first-order valence-electron chi connectivity index (χ1n) is 7.82. The number of carbonyl (C=O) groups excluding carboxylic acids is 2. The van der Waals surface area contributed by atoms with Gasteiger partial charge in [-0.15, -0.1) is 11.3 Å². The van der Waals surface area contributed by atoms with Crippen molar-refractivity contribution in [3.63, 3.8) is 0 Å². The van der Waals surface area contributed by atoms with Crippen LogP contribution in [0.1, 0.15) is 26.4 Å². The van der Waals surface area contributed by atoms with E-state index in [0.717, 1.165) is 16.9 Å². The summed E-state index contributed by atoms with van der Waals surface area (Å²) in [6, 6.07) is 9.42. The van der Waals surface area contributed by atoms with E-state index < -0.39 is 11.7 Å². The summed E-state index contributed by atoms with van der Waals surface area (Å²) in [6.07, 6.45) is 4.07. The Kier molecular flexibility index (Phi) is 5.65. The lowest BCUT2D eigenvalue weighted by molar-refractivity contribution is 0.0948. The van der Waals surface area contributed by atoms with E-state index in [2.05, 4.69) is 20.6 Å². The number of aromatic nitrogens is 2. The standard InChI is InChI=1S/C18H15FN4O2S/c19-14-4-2-1-3-13(14)16(24)23-18-22-15(11-26-18)17(25)21-10-7-12-5-8-20-9-6-12/h1-6,8-9,11H,7,10H2,(H,21,25)(H,22,23,24). The van der Waals surface area contributed by atoms with Gasteiger partial charge in [0.15, 0.2) is 5.13 Å². The number of amides is 2. The summed E-state index contributed by atoms with van der Waals surface area (Å²) in [5.74, 6) is -1.56. The van der Waals surface area contributed by atoms with Gasteiger partial charge in [0, 0.05) is 24.3 Å². The average Bonchev–Trinajstić information content (AvgIpc) is 3.11. The molecule has 0 unspecified atom stereocenters. The fraction of sp³-hybridized carbons (Fsp3) is 0.111. The minimum Gasteiger partial charge on any atom is -0.350 e. The minimum absolute atomic E-state index is 0.0777. The van der Waals surface area contributed by atoms with Gasteiger partial charge in [0.1, 0.15) is 11.5 Å². The average molecular weight is 370 g/mol. The Hall–Kier alpha value is -3.13. The lowest BCUT2D eigenvalue weighted by Crippen LogP contribution is -2.26. The van der Waals surface area contributed by atoms with Crippen molar-refractivity contribution in [2.75, 3.05) is 11.9 Å². The third-order valence-electron chi connectivity index (χ3n) is 3.52. The fourth-order valence-corrected chi connectivity index (χ4v) is 2.89. The summed E-state index contributed by atoms with van der Waals surface area (Å²) in [6.45, 7) is 0.456. The van der Waals surface area contributed by atoms with Gasteiger partial charge in [-0.2, -0.15) is 0 Å². The second kappa shape index (κ2) is 8.30. The van der Waals surface area contributed by atoms with Gasteiger partial charge in [-0.1, -0.05) is 12.1 Å². The smallest absolute Gasteiger partial charge is 0.270 e. The Morgan fingerprint density at radius 1 is 1.08 bits per heavy atom. The second-order valence-corrected chi connectivity index (χ2v) is 6.19. The summed E-state index contributed by atoms with van der Waals surface area (Å²) < 4.78 is 13.6. The fourth-order valence-electron chi connectivity index (χ4n) is 2.21. The van der Waals surface area contributed by atoms with Gasteiger partial charge in [-0.3, -0.25) is 19.9 Å². The third-order valence-corrected chi connectivity index (χ3v) is 4.28. The summed E-state index contributed by atoms with van der Waals surface area (Å²) in [5, 5.41) is 7.04. The number of hydrogen-bond acceptors (Lipinski definition) is 5. The van der Waals surface area contributed by atoms with Gasteiger partial charge in [0.05, 0.1) is 5.56 Å². The zero-order valence-electron chi connectivity index (χ0n) is 13.6. The van der Waals surface area contributed by atoms with E-state index >= 15 is 0 Å². The summed E-state index contributed by atoms with van der Waals surface area (Å²) in [7, 11) is 0. The first kappa shape index (κ1) is 17.7. The molecule has 3 rings (SSSR count). The van der Waals surface area contributed by atoms with Crippen molar-refractivity contribution in [3.05, 3.63) is 76.8 Å². The number of pyridine rings is 1. The zero-order chi connectivity index (χ0) is 18.4. The van der Waals surface area contributed by atoms with Crippen LogP contribution in [0.5, 0.6) is 0 Å². The molecule has 0 aliphatic heterocycles. The monoisotopic (exact) mass is 370 g/mol. The SMILES string of the molecule is O=C(NCCc1ccncc1)c1csc(NC(=O)c2ccccc2F)n1. The van der Waals surface area contributed by atoms with Crippen LogP contribution in [0.3, 0.4) is 0 Å². The molecule has 0 radical (unpaired) electrons. The van der Waals surface area contributed by atoms with Crippen molar-refractivity contribution < 1.29 is 14.0 Å². The van der Waals surface area contributed by atoms with Crippen LogP contribution in [0.4, 0.5) is 9.52 Å². The van der Waals surface area contributed by atoms with E-state index in [-0.39, 0.29) is 22.3 Å². The van der Waals surface area contributed by atoms with Crippen LogP contribution in [-0.4, -0.2) is 28.3 Å². The molecule has 0 bridgehead atoms. The van der Waals surface area contributed by atoms with E-state index in [1.54, 1.807) is 23.8 Å². The molecule has 0 saturated heterocycles. The molecule has 0 atom stereocenters. The number of nitrogens with one attached hydrogen (secondary N) is 2. The highest BCUT2D eigenvalue weighted by Gasteiger charge is 2.15. The molecule has 0 saturated carbocycles. The Bertz CT molecular complexity index is 914.